The Morgan fingerprint density at radius 2 is 1.59 bits per heavy atom. The van der Waals surface area contributed by atoms with Gasteiger partial charge in [0.25, 0.3) is 0 Å². The SMILES string of the molecule is CCCCCCCCOc1ccc(C(=O)Oc2ccc(C3=NOC(CCC)C3)cc2)cc1. The highest BCUT2D eigenvalue weighted by Crippen LogP contribution is 2.22. The predicted octanol–water partition coefficient (Wildman–Crippen LogP) is 6.94. The zero-order valence-electron chi connectivity index (χ0n) is 19.3. The van der Waals surface area contributed by atoms with Gasteiger partial charge in [-0.15, -0.1) is 0 Å². The van der Waals surface area contributed by atoms with Gasteiger partial charge < -0.3 is 14.3 Å². The molecular weight excluding hydrogens is 402 g/mol. The lowest BCUT2D eigenvalue weighted by atomic mass is 10.0. The number of ether oxygens (including phenoxy) is 2. The number of esters is 1. The molecule has 0 N–H and O–H groups in total. The molecule has 0 radical (unpaired) electrons. The summed E-state index contributed by atoms with van der Waals surface area (Å²) >= 11 is 0. The van der Waals surface area contributed by atoms with Crippen LogP contribution >= 0.6 is 0 Å². The Morgan fingerprint density at radius 3 is 2.31 bits per heavy atom. The third-order valence-corrected chi connectivity index (χ3v) is 5.60. The average molecular weight is 438 g/mol. The van der Waals surface area contributed by atoms with Gasteiger partial charge in [-0.05, 0) is 66.9 Å². The molecule has 32 heavy (non-hydrogen) atoms. The third kappa shape index (κ3) is 7.40. The second kappa shape index (κ2) is 12.9. The minimum absolute atomic E-state index is 0.172. The van der Waals surface area contributed by atoms with Gasteiger partial charge in [0.15, 0.2) is 0 Å². The number of carbonyl (C=O) groups excluding carboxylic acids is 1. The number of hydrogen-bond acceptors (Lipinski definition) is 5. The molecule has 0 saturated heterocycles. The van der Waals surface area contributed by atoms with Crippen LogP contribution in [0, 0.1) is 0 Å². The van der Waals surface area contributed by atoms with E-state index >= 15 is 0 Å². The van der Waals surface area contributed by atoms with Gasteiger partial charge in [-0.25, -0.2) is 4.79 Å². The Bertz CT molecular complexity index is 858. The van der Waals surface area contributed by atoms with Crippen LogP contribution in [0.1, 0.15) is 87.6 Å². The second-order valence-corrected chi connectivity index (χ2v) is 8.31. The monoisotopic (exact) mass is 437 g/mol. The van der Waals surface area contributed by atoms with Crippen molar-refractivity contribution in [3.8, 4) is 11.5 Å². The fourth-order valence-corrected chi connectivity index (χ4v) is 3.72. The molecule has 2 aromatic carbocycles. The first-order valence-electron chi connectivity index (χ1n) is 12.0. The Labute approximate surface area is 191 Å². The van der Waals surface area contributed by atoms with Crippen LogP contribution in [0.2, 0.25) is 0 Å². The van der Waals surface area contributed by atoms with Crippen LogP contribution in [-0.4, -0.2) is 24.4 Å². The molecule has 0 fully saturated rings. The van der Waals surface area contributed by atoms with Crippen molar-refractivity contribution in [1.29, 1.82) is 0 Å². The minimum Gasteiger partial charge on any atom is -0.494 e. The van der Waals surface area contributed by atoms with Gasteiger partial charge in [-0.1, -0.05) is 57.5 Å². The van der Waals surface area contributed by atoms with Crippen LogP contribution in [0.3, 0.4) is 0 Å². The van der Waals surface area contributed by atoms with Crippen molar-refractivity contribution >= 4 is 11.7 Å². The lowest BCUT2D eigenvalue weighted by Gasteiger charge is -2.08. The molecule has 1 aliphatic heterocycles. The highest BCUT2D eigenvalue weighted by molar-refractivity contribution is 6.01. The van der Waals surface area contributed by atoms with E-state index in [0.29, 0.717) is 17.9 Å². The van der Waals surface area contributed by atoms with Crippen LogP contribution in [0.15, 0.2) is 53.7 Å². The van der Waals surface area contributed by atoms with E-state index in [9.17, 15) is 4.79 Å². The molecule has 1 atom stereocenters. The summed E-state index contributed by atoms with van der Waals surface area (Å²) in [7, 11) is 0. The summed E-state index contributed by atoms with van der Waals surface area (Å²) in [5.74, 6) is 0.900. The minimum atomic E-state index is -0.384. The summed E-state index contributed by atoms with van der Waals surface area (Å²) in [4.78, 5) is 17.9. The fourth-order valence-electron chi connectivity index (χ4n) is 3.72. The van der Waals surface area contributed by atoms with E-state index in [-0.39, 0.29) is 12.1 Å². The standard InChI is InChI=1S/C27H35NO4/c1-3-5-6-7-8-9-19-30-23-15-13-22(14-16-23)27(29)31-24-17-11-21(12-18-24)26-20-25(10-4-2)32-28-26/h11-18,25H,3-10,19-20H2,1-2H3. The summed E-state index contributed by atoms with van der Waals surface area (Å²) in [5.41, 5.74) is 2.44. The molecule has 1 aliphatic rings. The first-order valence-corrected chi connectivity index (χ1v) is 12.0. The summed E-state index contributed by atoms with van der Waals surface area (Å²) < 4.78 is 11.3. The van der Waals surface area contributed by atoms with Gasteiger partial charge in [0.05, 0.1) is 17.9 Å². The van der Waals surface area contributed by atoms with Crippen molar-refractivity contribution in [3.63, 3.8) is 0 Å². The van der Waals surface area contributed by atoms with Gasteiger partial charge in [0, 0.05) is 6.42 Å². The normalized spacial score (nSPS) is 15.2. The van der Waals surface area contributed by atoms with E-state index < -0.39 is 0 Å². The first kappa shape index (κ1) is 23.8. The Kier molecular flexibility index (Phi) is 9.60. The van der Waals surface area contributed by atoms with E-state index in [1.165, 1.54) is 32.1 Å². The van der Waals surface area contributed by atoms with E-state index in [0.717, 1.165) is 42.7 Å². The number of unbranched alkanes of at least 4 members (excludes halogenated alkanes) is 5. The quantitative estimate of drug-likeness (QED) is 0.193. The molecule has 5 heteroatoms. The van der Waals surface area contributed by atoms with Crippen LogP contribution < -0.4 is 9.47 Å². The number of hydrogen-bond donors (Lipinski definition) is 0. The zero-order chi connectivity index (χ0) is 22.6. The highest BCUT2D eigenvalue weighted by atomic mass is 16.6. The van der Waals surface area contributed by atoms with Crippen LogP contribution in [0.25, 0.3) is 0 Å². The van der Waals surface area contributed by atoms with Crippen molar-refractivity contribution in [1.82, 2.24) is 0 Å². The summed E-state index contributed by atoms with van der Waals surface area (Å²) in [6.45, 7) is 5.07. The Morgan fingerprint density at radius 1 is 0.906 bits per heavy atom. The Hall–Kier alpha value is -2.82. The molecule has 3 rings (SSSR count). The maximum Gasteiger partial charge on any atom is 0.343 e. The van der Waals surface area contributed by atoms with E-state index in [4.69, 9.17) is 14.3 Å². The predicted molar refractivity (Wildman–Crippen MR) is 128 cm³/mol. The number of carbonyl (C=O) groups is 1. The molecule has 172 valence electrons. The summed E-state index contributed by atoms with van der Waals surface area (Å²) in [5, 5.41) is 4.19. The second-order valence-electron chi connectivity index (χ2n) is 8.31. The van der Waals surface area contributed by atoms with Crippen molar-refractivity contribution in [3.05, 3.63) is 59.7 Å². The van der Waals surface area contributed by atoms with Crippen molar-refractivity contribution < 1.29 is 19.1 Å². The lowest BCUT2D eigenvalue weighted by molar-refractivity contribution is 0.0734. The van der Waals surface area contributed by atoms with Crippen molar-refractivity contribution in [2.75, 3.05) is 6.61 Å². The van der Waals surface area contributed by atoms with Crippen molar-refractivity contribution in [2.24, 2.45) is 5.16 Å². The number of benzene rings is 2. The van der Waals surface area contributed by atoms with Gasteiger partial charge >= 0.3 is 5.97 Å². The number of nitrogens with zero attached hydrogens (tertiary/aromatic N) is 1. The molecule has 0 spiro atoms. The molecule has 0 aliphatic carbocycles. The van der Waals surface area contributed by atoms with E-state index in [2.05, 4.69) is 19.0 Å². The van der Waals surface area contributed by atoms with Crippen LogP contribution in [-0.2, 0) is 4.84 Å². The molecule has 0 saturated carbocycles. The molecule has 0 aromatic heterocycles. The number of oxime groups is 1. The molecule has 1 heterocycles. The average Bonchev–Trinajstić information content (AvgIpc) is 3.28. The maximum atomic E-state index is 12.5. The van der Waals surface area contributed by atoms with Gasteiger partial charge in [0.2, 0.25) is 0 Å². The summed E-state index contributed by atoms with van der Waals surface area (Å²) in [6.07, 6.45) is 10.5. The third-order valence-electron chi connectivity index (χ3n) is 5.60. The molecular formula is C27H35NO4. The maximum absolute atomic E-state index is 12.5. The van der Waals surface area contributed by atoms with Gasteiger partial charge in [0.1, 0.15) is 17.6 Å². The lowest BCUT2D eigenvalue weighted by Crippen LogP contribution is -2.09. The van der Waals surface area contributed by atoms with E-state index in [1.807, 2.05) is 24.3 Å². The van der Waals surface area contributed by atoms with Crippen LogP contribution in [0.5, 0.6) is 11.5 Å². The van der Waals surface area contributed by atoms with Crippen molar-refractivity contribution in [2.45, 2.75) is 77.7 Å². The van der Waals surface area contributed by atoms with Crippen LogP contribution in [0.4, 0.5) is 0 Å². The first-order chi connectivity index (χ1) is 15.7. The topological polar surface area (TPSA) is 57.1 Å². The van der Waals surface area contributed by atoms with Gasteiger partial charge in [-0.2, -0.15) is 0 Å². The molecule has 0 bridgehead atoms. The number of rotatable bonds is 13. The molecule has 2 aromatic rings. The zero-order valence-corrected chi connectivity index (χ0v) is 19.3. The summed E-state index contributed by atoms with van der Waals surface area (Å²) in [6, 6.07) is 14.5. The molecule has 0 amide bonds. The highest BCUT2D eigenvalue weighted by Gasteiger charge is 2.21. The smallest absolute Gasteiger partial charge is 0.343 e. The van der Waals surface area contributed by atoms with Gasteiger partial charge in [-0.3, -0.25) is 0 Å². The Balaban J connectivity index is 1.42. The molecule has 1 unspecified atom stereocenters. The largest absolute Gasteiger partial charge is 0.494 e. The molecule has 5 nitrogen and oxygen atoms in total. The fraction of sp³-hybridized carbons (Fsp3) is 0.481. The van der Waals surface area contributed by atoms with E-state index in [1.54, 1.807) is 24.3 Å².